The van der Waals surface area contributed by atoms with Gasteiger partial charge in [0.2, 0.25) is 0 Å². The molecule has 0 spiro atoms. The molecule has 0 aliphatic carbocycles. The van der Waals surface area contributed by atoms with Crippen molar-refractivity contribution in [2.24, 2.45) is 0 Å². The Labute approximate surface area is 209 Å². The van der Waals surface area contributed by atoms with Gasteiger partial charge in [-0.3, -0.25) is 0 Å². The smallest absolute Gasteiger partial charge is 0.139 e. The lowest BCUT2D eigenvalue weighted by atomic mass is 10.00. The molecular weight excluding hydrogens is 460 g/mol. The van der Waals surface area contributed by atoms with Crippen molar-refractivity contribution in [3.05, 3.63) is 63.9 Å². The van der Waals surface area contributed by atoms with Crippen molar-refractivity contribution in [1.82, 2.24) is 9.78 Å². The maximum atomic E-state index is 9.22. The molecule has 3 aromatic rings. The molecule has 0 aliphatic rings. The first-order valence-corrected chi connectivity index (χ1v) is 15.8. The topological polar surface area (TPSA) is 54.1 Å². The molecule has 1 aromatic heterocycles. The number of aryl methyl sites for hydroxylation is 2. The number of rotatable bonds is 9. The van der Waals surface area contributed by atoms with Gasteiger partial charge in [0.15, 0.2) is 0 Å². The predicted molar refractivity (Wildman–Crippen MR) is 145 cm³/mol. The second kappa shape index (κ2) is 10.8. The van der Waals surface area contributed by atoms with Crippen molar-refractivity contribution in [2.45, 2.75) is 60.1 Å². The number of nitrogens with zero attached hydrogens (tertiary/aromatic N) is 4. The molecule has 0 unspecified atom stereocenters. The molecule has 0 N–H and O–H groups in total. The maximum Gasteiger partial charge on any atom is 0.139 e. The van der Waals surface area contributed by atoms with Gasteiger partial charge in [0.05, 0.1) is 16.3 Å². The van der Waals surface area contributed by atoms with Crippen LogP contribution in [0.4, 0.5) is 11.4 Å². The maximum absolute atomic E-state index is 9.22. The van der Waals surface area contributed by atoms with Crippen LogP contribution in [0.25, 0.3) is 11.1 Å². The summed E-state index contributed by atoms with van der Waals surface area (Å²) in [5, 5.41) is 14.5. The summed E-state index contributed by atoms with van der Waals surface area (Å²) < 4.78 is 7.92. The van der Waals surface area contributed by atoms with Crippen LogP contribution in [-0.2, 0) is 11.5 Å². The van der Waals surface area contributed by atoms with E-state index in [4.69, 9.17) is 21.4 Å². The van der Waals surface area contributed by atoms with E-state index >= 15 is 0 Å². The lowest BCUT2D eigenvalue weighted by molar-refractivity contribution is 0.0770. The molecule has 7 heteroatoms. The van der Waals surface area contributed by atoms with Gasteiger partial charge in [-0.15, -0.1) is 0 Å². The second-order valence-corrected chi connectivity index (χ2v) is 15.9. The summed E-state index contributed by atoms with van der Waals surface area (Å²) in [4.78, 5) is 2.22. The zero-order chi connectivity index (χ0) is 25.0. The number of hydrogen-bond donors (Lipinski definition) is 0. The van der Waals surface area contributed by atoms with E-state index in [2.05, 4.69) is 76.5 Å². The Morgan fingerprint density at radius 3 is 2.47 bits per heavy atom. The molecule has 0 fully saturated rings. The van der Waals surface area contributed by atoms with E-state index in [9.17, 15) is 5.26 Å². The minimum absolute atomic E-state index is 0.467. The zero-order valence-electron chi connectivity index (χ0n) is 21.4. The van der Waals surface area contributed by atoms with Gasteiger partial charge < -0.3 is 9.64 Å². The van der Waals surface area contributed by atoms with Crippen molar-refractivity contribution in [2.75, 3.05) is 18.1 Å². The van der Waals surface area contributed by atoms with Crippen molar-refractivity contribution in [3.8, 4) is 17.2 Å². The van der Waals surface area contributed by atoms with Crippen LogP contribution in [-0.4, -0.2) is 31.0 Å². The molecule has 0 aliphatic heterocycles. The van der Waals surface area contributed by atoms with Gasteiger partial charge in [0.25, 0.3) is 0 Å². The third kappa shape index (κ3) is 5.90. The standard InChI is InChI=1S/C27H35ClN4OSi/c1-8-31(24-12-11-23(17-29)25(28)16-24)26-15-22(10-9-19(26)2)27-20(3)30-32(21(27)4)18-33-13-14-34(5,6)7/h9-12,15-16H,8,13-14,18H2,1-7H3. The highest BCUT2D eigenvalue weighted by atomic mass is 35.5. The predicted octanol–water partition coefficient (Wildman–Crippen LogP) is 7.47. The third-order valence-corrected chi connectivity index (χ3v) is 8.10. The summed E-state index contributed by atoms with van der Waals surface area (Å²) in [6, 6.07) is 15.4. The van der Waals surface area contributed by atoms with Crippen molar-refractivity contribution in [1.29, 1.82) is 5.26 Å². The quantitative estimate of drug-likeness (QED) is 0.228. The van der Waals surface area contributed by atoms with Crippen LogP contribution in [0.15, 0.2) is 36.4 Å². The molecular formula is C27H35ClN4OSi. The third-order valence-electron chi connectivity index (χ3n) is 6.08. The minimum Gasteiger partial charge on any atom is -0.360 e. The molecule has 0 saturated heterocycles. The van der Waals surface area contributed by atoms with E-state index in [1.54, 1.807) is 6.07 Å². The van der Waals surface area contributed by atoms with Crippen LogP contribution in [0.1, 0.15) is 29.4 Å². The number of aromatic nitrogens is 2. The lowest BCUT2D eigenvalue weighted by Crippen LogP contribution is -2.22. The normalized spacial score (nSPS) is 11.5. The van der Waals surface area contributed by atoms with Gasteiger partial charge in [-0.05, 0) is 69.1 Å². The van der Waals surface area contributed by atoms with Crippen LogP contribution in [0, 0.1) is 32.1 Å². The molecule has 1 heterocycles. The Morgan fingerprint density at radius 1 is 1.12 bits per heavy atom. The fourth-order valence-electron chi connectivity index (χ4n) is 4.08. The molecule has 180 valence electrons. The summed E-state index contributed by atoms with van der Waals surface area (Å²) in [5.41, 5.74) is 8.09. The molecule has 34 heavy (non-hydrogen) atoms. The average Bonchev–Trinajstić information content (AvgIpc) is 3.05. The Balaban J connectivity index is 1.92. The second-order valence-electron chi connectivity index (χ2n) is 9.91. The molecule has 0 atom stereocenters. The lowest BCUT2D eigenvalue weighted by Gasteiger charge is -2.26. The summed E-state index contributed by atoms with van der Waals surface area (Å²) in [7, 11) is -1.11. The highest BCUT2D eigenvalue weighted by molar-refractivity contribution is 6.76. The molecule has 5 nitrogen and oxygen atoms in total. The Hall–Kier alpha value is -2.59. The first-order valence-electron chi connectivity index (χ1n) is 11.8. The van der Waals surface area contributed by atoms with Crippen molar-refractivity contribution < 1.29 is 4.74 Å². The minimum atomic E-state index is -1.11. The van der Waals surface area contributed by atoms with E-state index < -0.39 is 8.07 Å². The number of anilines is 2. The number of benzene rings is 2. The molecule has 0 radical (unpaired) electrons. The van der Waals surface area contributed by atoms with Gasteiger partial charge in [-0.1, -0.05) is 43.4 Å². The monoisotopic (exact) mass is 494 g/mol. The van der Waals surface area contributed by atoms with Gasteiger partial charge in [0, 0.05) is 43.9 Å². The number of ether oxygens (including phenoxy) is 1. The summed E-state index contributed by atoms with van der Waals surface area (Å²) in [6.07, 6.45) is 0. The largest absolute Gasteiger partial charge is 0.360 e. The van der Waals surface area contributed by atoms with Gasteiger partial charge >= 0.3 is 0 Å². The Kier molecular flexibility index (Phi) is 8.24. The van der Waals surface area contributed by atoms with Crippen LogP contribution in [0.3, 0.4) is 0 Å². The molecule has 0 amide bonds. The van der Waals surface area contributed by atoms with E-state index in [1.165, 1.54) is 5.56 Å². The van der Waals surface area contributed by atoms with E-state index in [0.29, 0.717) is 17.3 Å². The fourth-order valence-corrected chi connectivity index (χ4v) is 5.05. The van der Waals surface area contributed by atoms with Gasteiger partial charge in [-0.2, -0.15) is 10.4 Å². The molecule has 2 aromatic carbocycles. The van der Waals surface area contributed by atoms with E-state index in [-0.39, 0.29) is 0 Å². The Morgan fingerprint density at radius 2 is 1.85 bits per heavy atom. The number of halogens is 1. The molecule has 0 bridgehead atoms. The van der Waals surface area contributed by atoms with Crippen LogP contribution in [0.5, 0.6) is 0 Å². The van der Waals surface area contributed by atoms with Crippen LogP contribution in [0.2, 0.25) is 30.7 Å². The SMILES string of the molecule is CCN(c1ccc(C#N)c(Cl)c1)c1cc(-c2c(C)nn(COCC[Si](C)(C)C)c2C)ccc1C. The summed E-state index contributed by atoms with van der Waals surface area (Å²) >= 11 is 6.34. The van der Waals surface area contributed by atoms with E-state index in [0.717, 1.165) is 53.1 Å². The van der Waals surface area contributed by atoms with Crippen LogP contribution < -0.4 is 4.90 Å². The van der Waals surface area contributed by atoms with Crippen molar-refractivity contribution >= 4 is 31.0 Å². The summed E-state index contributed by atoms with van der Waals surface area (Å²) in [6.45, 7) is 17.5. The zero-order valence-corrected chi connectivity index (χ0v) is 23.1. The van der Waals surface area contributed by atoms with E-state index in [1.807, 2.05) is 16.8 Å². The molecule has 3 rings (SSSR count). The Bertz CT molecular complexity index is 1210. The highest BCUT2D eigenvalue weighted by Gasteiger charge is 2.18. The first-order chi connectivity index (χ1) is 16.1. The van der Waals surface area contributed by atoms with Gasteiger partial charge in [-0.25, -0.2) is 4.68 Å². The molecule has 0 saturated carbocycles. The first kappa shape index (κ1) is 26.0. The average molecular weight is 495 g/mol. The highest BCUT2D eigenvalue weighted by Crippen LogP contribution is 2.36. The van der Waals surface area contributed by atoms with Gasteiger partial charge in [0.1, 0.15) is 12.8 Å². The summed E-state index contributed by atoms with van der Waals surface area (Å²) in [5.74, 6) is 0. The fraction of sp³-hybridized carbons (Fsp3) is 0.407. The van der Waals surface area contributed by atoms with Crippen LogP contribution >= 0.6 is 11.6 Å². The number of hydrogen-bond acceptors (Lipinski definition) is 4. The number of nitriles is 1. The van der Waals surface area contributed by atoms with Crippen molar-refractivity contribution in [3.63, 3.8) is 0 Å².